The second-order valence-electron chi connectivity index (χ2n) is 7.73. The number of aryl methyl sites for hydroxylation is 1. The molecule has 0 aliphatic carbocycles. The first-order valence-electron chi connectivity index (χ1n) is 10.9. The standard InChI is InChI=1S/C25H32O5/c1-4-6-7-8-19-16-28-25(29-17-19)21-11-9-20(10-12-21)24(26)30-23-14-13-22(27-5-2)15-18(23)3/h9-15,19,25H,4-8,16-17H2,1-3H3. The number of carbonyl (C=O) groups is 1. The van der Waals surface area contributed by atoms with Crippen LogP contribution < -0.4 is 9.47 Å². The Hall–Kier alpha value is -2.37. The highest BCUT2D eigenvalue weighted by atomic mass is 16.7. The van der Waals surface area contributed by atoms with E-state index in [4.69, 9.17) is 18.9 Å². The highest BCUT2D eigenvalue weighted by molar-refractivity contribution is 5.91. The van der Waals surface area contributed by atoms with Gasteiger partial charge in [0.05, 0.1) is 25.4 Å². The molecule has 1 saturated heterocycles. The Kier molecular flexibility index (Phi) is 8.29. The van der Waals surface area contributed by atoms with Crippen molar-refractivity contribution in [2.45, 2.75) is 52.7 Å². The van der Waals surface area contributed by atoms with E-state index in [1.54, 1.807) is 24.3 Å². The van der Waals surface area contributed by atoms with Crippen LogP contribution in [0.25, 0.3) is 0 Å². The van der Waals surface area contributed by atoms with E-state index in [-0.39, 0.29) is 6.29 Å². The van der Waals surface area contributed by atoms with Crippen LogP contribution >= 0.6 is 0 Å². The zero-order chi connectivity index (χ0) is 21.3. The van der Waals surface area contributed by atoms with Crippen molar-refractivity contribution in [3.05, 3.63) is 59.2 Å². The molecule has 2 aromatic rings. The molecule has 5 nitrogen and oxygen atoms in total. The van der Waals surface area contributed by atoms with Gasteiger partial charge in [-0.2, -0.15) is 0 Å². The lowest BCUT2D eigenvalue weighted by Crippen LogP contribution is -2.27. The quantitative estimate of drug-likeness (QED) is 0.294. The van der Waals surface area contributed by atoms with E-state index in [9.17, 15) is 4.79 Å². The Morgan fingerprint density at radius 1 is 1.03 bits per heavy atom. The van der Waals surface area contributed by atoms with Crippen LogP contribution in [0.1, 0.15) is 67.3 Å². The fraction of sp³-hybridized carbons (Fsp3) is 0.480. The largest absolute Gasteiger partial charge is 0.494 e. The summed E-state index contributed by atoms with van der Waals surface area (Å²) in [6, 6.07) is 12.7. The molecule has 30 heavy (non-hydrogen) atoms. The van der Waals surface area contributed by atoms with Crippen LogP contribution in [0.15, 0.2) is 42.5 Å². The number of unbranched alkanes of at least 4 members (excludes halogenated alkanes) is 2. The summed E-state index contributed by atoms with van der Waals surface area (Å²) in [6.07, 6.45) is 4.49. The van der Waals surface area contributed by atoms with Crippen LogP contribution in [-0.4, -0.2) is 25.8 Å². The lowest BCUT2D eigenvalue weighted by molar-refractivity contribution is -0.206. The third kappa shape index (κ3) is 6.07. The van der Waals surface area contributed by atoms with Gasteiger partial charge in [-0.25, -0.2) is 4.79 Å². The van der Waals surface area contributed by atoms with Crippen LogP contribution in [0.4, 0.5) is 0 Å². The topological polar surface area (TPSA) is 54.0 Å². The minimum atomic E-state index is -0.393. The SMILES string of the molecule is CCCCCC1COC(c2ccc(C(=O)Oc3ccc(OCC)cc3C)cc2)OC1. The molecular formula is C25H32O5. The van der Waals surface area contributed by atoms with Gasteiger partial charge >= 0.3 is 5.97 Å². The molecule has 0 atom stereocenters. The third-order valence-corrected chi connectivity index (χ3v) is 5.26. The van der Waals surface area contributed by atoms with Crippen molar-refractivity contribution in [1.82, 2.24) is 0 Å². The highest BCUT2D eigenvalue weighted by Gasteiger charge is 2.23. The molecule has 1 fully saturated rings. The van der Waals surface area contributed by atoms with Gasteiger partial charge in [0.1, 0.15) is 11.5 Å². The molecule has 2 aromatic carbocycles. The monoisotopic (exact) mass is 412 g/mol. The molecule has 1 aliphatic rings. The molecule has 0 bridgehead atoms. The Balaban J connectivity index is 1.54. The molecule has 0 N–H and O–H groups in total. The van der Waals surface area contributed by atoms with Crippen molar-refractivity contribution < 1.29 is 23.7 Å². The van der Waals surface area contributed by atoms with E-state index in [0.717, 1.165) is 36.5 Å². The minimum Gasteiger partial charge on any atom is -0.494 e. The maximum Gasteiger partial charge on any atom is 0.343 e. The third-order valence-electron chi connectivity index (χ3n) is 5.26. The average Bonchev–Trinajstić information content (AvgIpc) is 2.77. The molecule has 0 spiro atoms. The molecule has 0 saturated carbocycles. The van der Waals surface area contributed by atoms with Crippen molar-refractivity contribution in [2.24, 2.45) is 5.92 Å². The highest BCUT2D eigenvalue weighted by Crippen LogP contribution is 2.28. The van der Waals surface area contributed by atoms with Gasteiger partial charge in [0.2, 0.25) is 0 Å². The summed E-state index contributed by atoms with van der Waals surface area (Å²) in [6.45, 7) is 8.07. The minimum absolute atomic E-state index is 0.370. The maximum atomic E-state index is 12.5. The predicted molar refractivity (Wildman–Crippen MR) is 116 cm³/mol. The number of hydrogen-bond acceptors (Lipinski definition) is 5. The second-order valence-corrected chi connectivity index (χ2v) is 7.73. The van der Waals surface area contributed by atoms with Crippen LogP contribution in [0.5, 0.6) is 11.5 Å². The first-order chi connectivity index (χ1) is 14.6. The Labute approximate surface area is 179 Å². The summed E-state index contributed by atoms with van der Waals surface area (Å²) < 4.78 is 22.8. The van der Waals surface area contributed by atoms with E-state index < -0.39 is 5.97 Å². The van der Waals surface area contributed by atoms with Gasteiger partial charge in [-0.15, -0.1) is 0 Å². The number of ether oxygens (including phenoxy) is 4. The summed E-state index contributed by atoms with van der Waals surface area (Å²) in [5.74, 6) is 1.37. The molecule has 0 amide bonds. The summed E-state index contributed by atoms with van der Waals surface area (Å²) in [5.41, 5.74) is 2.25. The average molecular weight is 413 g/mol. The molecular weight excluding hydrogens is 380 g/mol. The van der Waals surface area contributed by atoms with Crippen molar-refractivity contribution >= 4 is 5.97 Å². The molecule has 0 radical (unpaired) electrons. The van der Waals surface area contributed by atoms with E-state index >= 15 is 0 Å². The van der Waals surface area contributed by atoms with Gasteiger partial charge in [0.15, 0.2) is 6.29 Å². The zero-order valence-electron chi connectivity index (χ0n) is 18.2. The van der Waals surface area contributed by atoms with E-state index in [0.29, 0.717) is 23.8 Å². The van der Waals surface area contributed by atoms with Crippen LogP contribution in [0.2, 0.25) is 0 Å². The predicted octanol–water partition coefficient (Wildman–Crippen LogP) is 5.85. The lowest BCUT2D eigenvalue weighted by Gasteiger charge is -2.29. The van der Waals surface area contributed by atoms with Gasteiger partial charge in [0.25, 0.3) is 0 Å². The summed E-state index contributed by atoms with van der Waals surface area (Å²) in [4.78, 5) is 12.5. The first-order valence-corrected chi connectivity index (χ1v) is 10.9. The van der Waals surface area contributed by atoms with E-state index in [1.807, 2.05) is 32.0 Å². The molecule has 0 unspecified atom stereocenters. The number of rotatable bonds is 9. The van der Waals surface area contributed by atoms with E-state index in [2.05, 4.69) is 6.92 Å². The normalized spacial score (nSPS) is 18.8. The van der Waals surface area contributed by atoms with Gasteiger partial charge < -0.3 is 18.9 Å². The fourth-order valence-corrected chi connectivity index (χ4v) is 3.51. The fourth-order valence-electron chi connectivity index (χ4n) is 3.51. The second kappa shape index (κ2) is 11.1. The summed E-state index contributed by atoms with van der Waals surface area (Å²) in [5, 5.41) is 0. The van der Waals surface area contributed by atoms with Gasteiger partial charge in [-0.1, -0.05) is 38.3 Å². The Bertz CT molecular complexity index is 807. The van der Waals surface area contributed by atoms with Gasteiger partial charge in [0, 0.05) is 11.5 Å². The van der Waals surface area contributed by atoms with Crippen molar-refractivity contribution in [2.75, 3.05) is 19.8 Å². The molecule has 1 aliphatic heterocycles. The molecule has 3 rings (SSSR count). The van der Waals surface area contributed by atoms with Crippen molar-refractivity contribution in [1.29, 1.82) is 0 Å². The van der Waals surface area contributed by atoms with Crippen LogP contribution in [0.3, 0.4) is 0 Å². The van der Waals surface area contributed by atoms with Crippen LogP contribution in [-0.2, 0) is 9.47 Å². The number of benzene rings is 2. The smallest absolute Gasteiger partial charge is 0.343 e. The van der Waals surface area contributed by atoms with Gasteiger partial charge in [-0.05, 0) is 56.2 Å². The Morgan fingerprint density at radius 3 is 2.40 bits per heavy atom. The lowest BCUT2D eigenvalue weighted by atomic mass is 10.0. The van der Waals surface area contributed by atoms with Crippen molar-refractivity contribution in [3.8, 4) is 11.5 Å². The number of esters is 1. The zero-order valence-corrected chi connectivity index (χ0v) is 18.2. The molecule has 1 heterocycles. The molecule has 162 valence electrons. The molecule has 0 aromatic heterocycles. The maximum absolute atomic E-state index is 12.5. The molecule has 5 heteroatoms. The first kappa shape index (κ1) is 22.3. The summed E-state index contributed by atoms with van der Waals surface area (Å²) >= 11 is 0. The van der Waals surface area contributed by atoms with Crippen LogP contribution in [0, 0.1) is 12.8 Å². The number of carbonyl (C=O) groups excluding carboxylic acids is 1. The summed E-state index contributed by atoms with van der Waals surface area (Å²) in [7, 11) is 0. The van der Waals surface area contributed by atoms with Crippen molar-refractivity contribution in [3.63, 3.8) is 0 Å². The Morgan fingerprint density at radius 2 is 1.77 bits per heavy atom. The van der Waals surface area contributed by atoms with E-state index in [1.165, 1.54) is 19.3 Å². The van der Waals surface area contributed by atoms with Gasteiger partial charge in [-0.3, -0.25) is 0 Å². The number of hydrogen-bond donors (Lipinski definition) is 0.